The van der Waals surface area contributed by atoms with Crippen LogP contribution in [0.2, 0.25) is 5.02 Å². The minimum atomic E-state index is -2.48. The van der Waals surface area contributed by atoms with E-state index in [-0.39, 0.29) is 21.8 Å². The van der Waals surface area contributed by atoms with Crippen LogP contribution in [0.4, 0.5) is 14.5 Å². The van der Waals surface area contributed by atoms with Gasteiger partial charge in [-0.1, -0.05) is 11.6 Å². The van der Waals surface area contributed by atoms with Gasteiger partial charge >= 0.3 is 0 Å². The van der Waals surface area contributed by atoms with E-state index < -0.39 is 17.4 Å². The van der Waals surface area contributed by atoms with Crippen LogP contribution >= 0.6 is 11.6 Å². The zero-order valence-electron chi connectivity index (χ0n) is 10.9. The molecular formula is C15H10ClF2NO2. The molecule has 6 heteroatoms. The Labute approximate surface area is 124 Å². The summed E-state index contributed by atoms with van der Waals surface area (Å²) in [6.07, 6.45) is 0. The van der Waals surface area contributed by atoms with Crippen molar-refractivity contribution in [1.29, 1.82) is 0 Å². The number of benzene rings is 2. The van der Waals surface area contributed by atoms with Gasteiger partial charge in [0.05, 0.1) is 12.8 Å². The van der Waals surface area contributed by atoms with Gasteiger partial charge in [0, 0.05) is 16.1 Å². The number of nitrogens with one attached hydrogen (secondary N) is 1. The van der Waals surface area contributed by atoms with Crippen molar-refractivity contribution < 1.29 is 18.3 Å². The van der Waals surface area contributed by atoms with Crippen molar-refractivity contribution in [1.82, 2.24) is 0 Å². The Morgan fingerprint density at radius 1 is 1.19 bits per heavy atom. The zero-order chi connectivity index (χ0) is 15.2. The molecule has 1 heterocycles. The standard InChI is InChI=1S/C15H10ClF2NO2/c1-21-9-3-5-12(16)11(7-9)15(18)10-4-2-8(17)6-13(10)19-14(15)20/h2-7H,1H3,(H,19,20). The highest BCUT2D eigenvalue weighted by Gasteiger charge is 2.50. The molecule has 0 aliphatic carbocycles. The fourth-order valence-corrected chi connectivity index (χ4v) is 2.66. The molecule has 1 atom stereocenters. The molecule has 3 nitrogen and oxygen atoms in total. The van der Waals surface area contributed by atoms with E-state index in [2.05, 4.69) is 5.32 Å². The lowest BCUT2D eigenvalue weighted by molar-refractivity contribution is -0.124. The maximum atomic E-state index is 15.5. The van der Waals surface area contributed by atoms with Crippen LogP contribution in [0, 0.1) is 5.82 Å². The first-order chi connectivity index (χ1) is 9.96. The Kier molecular flexibility index (Phi) is 3.10. The molecule has 1 aliphatic rings. The Bertz CT molecular complexity index is 750. The van der Waals surface area contributed by atoms with Crippen LogP contribution in [0.25, 0.3) is 0 Å². The highest BCUT2D eigenvalue weighted by Crippen LogP contribution is 2.47. The van der Waals surface area contributed by atoms with Crippen molar-refractivity contribution >= 4 is 23.2 Å². The van der Waals surface area contributed by atoms with Gasteiger partial charge in [-0.2, -0.15) is 0 Å². The fourth-order valence-electron chi connectivity index (χ4n) is 2.41. The van der Waals surface area contributed by atoms with Crippen LogP contribution in [-0.4, -0.2) is 13.0 Å². The molecule has 0 radical (unpaired) electrons. The first kappa shape index (κ1) is 13.8. The normalized spacial score (nSPS) is 20.1. The van der Waals surface area contributed by atoms with E-state index in [9.17, 15) is 9.18 Å². The molecule has 0 saturated heterocycles. The number of anilines is 1. The first-order valence-corrected chi connectivity index (χ1v) is 6.49. The monoisotopic (exact) mass is 309 g/mol. The molecule has 0 spiro atoms. The van der Waals surface area contributed by atoms with Gasteiger partial charge in [0.2, 0.25) is 5.67 Å². The Balaban J connectivity index is 2.24. The first-order valence-electron chi connectivity index (χ1n) is 6.11. The predicted octanol–water partition coefficient (Wildman–Crippen LogP) is 3.65. The van der Waals surface area contributed by atoms with Crippen LogP contribution < -0.4 is 10.1 Å². The van der Waals surface area contributed by atoms with E-state index in [4.69, 9.17) is 16.3 Å². The largest absolute Gasteiger partial charge is 0.497 e. The van der Waals surface area contributed by atoms with Crippen molar-refractivity contribution in [3.05, 3.63) is 58.4 Å². The number of methoxy groups -OCH3 is 1. The van der Waals surface area contributed by atoms with Crippen molar-refractivity contribution in [3.63, 3.8) is 0 Å². The van der Waals surface area contributed by atoms with Crippen molar-refractivity contribution in [2.24, 2.45) is 0 Å². The average molecular weight is 310 g/mol. The van der Waals surface area contributed by atoms with E-state index in [0.717, 1.165) is 12.1 Å². The smallest absolute Gasteiger partial charge is 0.271 e. The second kappa shape index (κ2) is 4.70. The Morgan fingerprint density at radius 3 is 2.67 bits per heavy atom. The van der Waals surface area contributed by atoms with Gasteiger partial charge in [0.15, 0.2) is 0 Å². The predicted molar refractivity (Wildman–Crippen MR) is 74.9 cm³/mol. The molecule has 0 aromatic heterocycles. The molecule has 0 bridgehead atoms. The third-order valence-corrected chi connectivity index (χ3v) is 3.79. The van der Waals surface area contributed by atoms with E-state index >= 15 is 4.39 Å². The molecule has 1 amide bonds. The molecule has 1 N–H and O–H groups in total. The molecule has 108 valence electrons. The van der Waals surface area contributed by atoms with Crippen molar-refractivity contribution in [2.45, 2.75) is 5.67 Å². The summed E-state index contributed by atoms with van der Waals surface area (Å²) >= 11 is 6.04. The minimum Gasteiger partial charge on any atom is -0.497 e. The summed E-state index contributed by atoms with van der Waals surface area (Å²) in [6.45, 7) is 0. The van der Waals surface area contributed by atoms with Crippen LogP contribution in [0.5, 0.6) is 5.75 Å². The molecule has 21 heavy (non-hydrogen) atoms. The Hall–Kier alpha value is -2.14. The molecular weight excluding hydrogens is 300 g/mol. The van der Waals surface area contributed by atoms with Gasteiger partial charge in [-0.05, 0) is 36.4 Å². The number of halogens is 3. The summed E-state index contributed by atoms with van der Waals surface area (Å²) in [5.74, 6) is -1.09. The number of rotatable bonds is 2. The van der Waals surface area contributed by atoms with Crippen LogP contribution in [0.15, 0.2) is 36.4 Å². The number of alkyl halides is 1. The topological polar surface area (TPSA) is 38.3 Å². The SMILES string of the molecule is COc1ccc(Cl)c(C2(F)C(=O)Nc3cc(F)ccc32)c1. The third-order valence-electron chi connectivity index (χ3n) is 3.46. The summed E-state index contributed by atoms with van der Waals surface area (Å²) in [4.78, 5) is 12.1. The molecule has 3 rings (SSSR count). The maximum absolute atomic E-state index is 15.5. The van der Waals surface area contributed by atoms with E-state index in [1.165, 1.54) is 25.3 Å². The lowest BCUT2D eigenvalue weighted by atomic mass is 9.89. The number of amides is 1. The van der Waals surface area contributed by atoms with Gasteiger partial charge in [-0.3, -0.25) is 4.79 Å². The maximum Gasteiger partial charge on any atom is 0.271 e. The lowest BCUT2D eigenvalue weighted by Crippen LogP contribution is -2.31. The molecule has 2 aromatic rings. The number of fused-ring (bicyclic) bond motifs is 1. The van der Waals surface area contributed by atoms with Crippen LogP contribution in [0.1, 0.15) is 11.1 Å². The summed E-state index contributed by atoms with van der Waals surface area (Å²) in [7, 11) is 1.43. The summed E-state index contributed by atoms with van der Waals surface area (Å²) < 4.78 is 33.7. The number of carbonyl (C=O) groups excluding carboxylic acids is 1. The van der Waals surface area contributed by atoms with Crippen molar-refractivity contribution in [3.8, 4) is 5.75 Å². The summed E-state index contributed by atoms with van der Waals surface area (Å²) in [5.41, 5.74) is -2.38. The third kappa shape index (κ3) is 1.96. The summed E-state index contributed by atoms with van der Waals surface area (Å²) in [5, 5.41) is 2.43. The zero-order valence-corrected chi connectivity index (χ0v) is 11.7. The van der Waals surface area contributed by atoms with Gasteiger partial charge in [0.25, 0.3) is 5.91 Å². The number of hydrogen-bond donors (Lipinski definition) is 1. The van der Waals surface area contributed by atoms with Gasteiger partial charge < -0.3 is 10.1 Å². The molecule has 2 aromatic carbocycles. The van der Waals surface area contributed by atoms with Crippen LogP contribution in [0.3, 0.4) is 0 Å². The summed E-state index contributed by atoms with van der Waals surface area (Å²) in [6, 6.07) is 7.78. The van der Waals surface area contributed by atoms with E-state index in [1.54, 1.807) is 6.07 Å². The molecule has 0 saturated carbocycles. The highest BCUT2D eigenvalue weighted by atomic mass is 35.5. The highest BCUT2D eigenvalue weighted by molar-refractivity contribution is 6.32. The molecule has 0 fully saturated rings. The lowest BCUT2D eigenvalue weighted by Gasteiger charge is -2.20. The molecule has 1 unspecified atom stereocenters. The fraction of sp³-hybridized carbons (Fsp3) is 0.133. The number of hydrogen-bond acceptors (Lipinski definition) is 2. The second-order valence-electron chi connectivity index (χ2n) is 4.65. The Morgan fingerprint density at radius 2 is 1.95 bits per heavy atom. The quantitative estimate of drug-likeness (QED) is 0.919. The van der Waals surface area contributed by atoms with Crippen molar-refractivity contribution in [2.75, 3.05) is 12.4 Å². The minimum absolute atomic E-state index is 0.0315. The van der Waals surface area contributed by atoms with Gasteiger partial charge in [-0.15, -0.1) is 0 Å². The second-order valence-corrected chi connectivity index (χ2v) is 5.06. The average Bonchev–Trinajstić information content (AvgIpc) is 2.71. The number of ether oxygens (including phenoxy) is 1. The van der Waals surface area contributed by atoms with E-state index in [1.807, 2.05) is 0 Å². The van der Waals surface area contributed by atoms with Gasteiger partial charge in [0.1, 0.15) is 11.6 Å². The van der Waals surface area contributed by atoms with Crippen LogP contribution in [-0.2, 0) is 10.5 Å². The van der Waals surface area contributed by atoms with Gasteiger partial charge in [-0.25, -0.2) is 8.78 Å². The molecule has 1 aliphatic heterocycles. The number of carbonyl (C=O) groups is 1. The van der Waals surface area contributed by atoms with E-state index in [0.29, 0.717) is 5.75 Å².